The Morgan fingerprint density at radius 1 is 1.42 bits per heavy atom. The van der Waals surface area contributed by atoms with Gasteiger partial charge >= 0.3 is 0 Å². The van der Waals surface area contributed by atoms with Crippen molar-refractivity contribution >= 4 is 11.6 Å². The molecule has 7 heteroatoms. The molecule has 24 heavy (non-hydrogen) atoms. The number of hydrogen-bond acceptors (Lipinski definition) is 5. The van der Waals surface area contributed by atoms with Crippen LogP contribution in [0.25, 0.3) is 11.3 Å². The highest BCUT2D eigenvalue weighted by molar-refractivity contribution is 5.95. The van der Waals surface area contributed by atoms with E-state index in [4.69, 9.17) is 14.4 Å². The zero-order valence-corrected chi connectivity index (χ0v) is 13.5. The van der Waals surface area contributed by atoms with Gasteiger partial charge in [-0.1, -0.05) is 12.8 Å². The van der Waals surface area contributed by atoms with Gasteiger partial charge in [0.1, 0.15) is 5.75 Å². The third-order valence-electron chi connectivity index (χ3n) is 3.97. The molecule has 0 unspecified atom stereocenters. The normalized spacial score (nSPS) is 15.1. The van der Waals surface area contributed by atoms with E-state index < -0.39 is 0 Å². The fourth-order valence-electron chi connectivity index (χ4n) is 2.82. The highest BCUT2D eigenvalue weighted by atomic mass is 16.5. The van der Waals surface area contributed by atoms with Crippen molar-refractivity contribution < 1.29 is 9.15 Å². The number of nitrogens with one attached hydrogen (secondary N) is 2. The van der Waals surface area contributed by atoms with Gasteiger partial charge in [0.25, 0.3) is 0 Å². The van der Waals surface area contributed by atoms with Gasteiger partial charge in [-0.2, -0.15) is 5.26 Å². The van der Waals surface area contributed by atoms with E-state index in [0.717, 1.165) is 24.1 Å². The molecular weight excluding hydrogens is 306 g/mol. The lowest BCUT2D eigenvalue weighted by molar-refractivity contribution is 0.415. The van der Waals surface area contributed by atoms with Gasteiger partial charge in [0, 0.05) is 11.8 Å². The van der Waals surface area contributed by atoms with Crippen molar-refractivity contribution in [3.05, 3.63) is 30.8 Å². The van der Waals surface area contributed by atoms with Gasteiger partial charge in [0.05, 0.1) is 24.9 Å². The summed E-state index contributed by atoms with van der Waals surface area (Å²) in [7, 11) is 1.60. The third-order valence-corrected chi connectivity index (χ3v) is 3.97. The SMILES string of the molecule is COc1cc(NC(=NC2CCCC2)NC#N)ccc1-c1cnco1. The zero-order valence-electron chi connectivity index (χ0n) is 13.5. The number of benzene rings is 1. The van der Waals surface area contributed by atoms with E-state index in [1.807, 2.05) is 24.4 Å². The lowest BCUT2D eigenvalue weighted by Crippen LogP contribution is -2.28. The number of aliphatic imine (C=N–C) groups is 1. The maximum absolute atomic E-state index is 8.93. The molecule has 1 aromatic heterocycles. The molecule has 0 bridgehead atoms. The van der Waals surface area contributed by atoms with Crippen molar-refractivity contribution in [1.82, 2.24) is 10.3 Å². The van der Waals surface area contributed by atoms with Gasteiger partial charge in [0.2, 0.25) is 5.96 Å². The number of nitrogens with zero attached hydrogens (tertiary/aromatic N) is 3. The number of aromatic nitrogens is 1. The highest BCUT2D eigenvalue weighted by Crippen LogP contribution is 2.32. The Hall–Kier alpha value is -3.01. The maximum atomic E-state index is 8.93. The summed E-state index contributed by atoms with van der Waals surface area (Å²) in [5, 5.41) is 14.7. The molecule has 7 nitrogen and oxygen atoms in total. The molecule has 2 aromatic rings. The molecule has 3 rings (SSSR count). The first-order chi connectivity index (χ1) is 11.8. The molecule has 0 amide bonds. The number of hydrogen-bond donors (Lipinski definition) is 2. The molecule has 1 fully saturated rings. The summed E-state index contributed by atoms with van der Waals surface area (Å²) < 4.78 is 10.8. The second-order valence-electron chi connectivity index (χ2n) is 5.56. The van der Waals surface area contributed by atoms with Gasteiger partial charge in [-0.25, -0.2) is 9.98 Å². The van der Waals surface area contributed by atoms with Gasteiger partial charge in [-0.05, 0) is 25.0 Å². The number of ether oxygens (including phenoxy) is 1. The topological polar surface area (TPSA) is 95.5 Å². The van der Waals surface area contributed by atoms with Crippen molar-refractivity contribution in [1.29, 1.82) is 5.26 Å². The maximum Gasteiger partial charge on any atom is 0.209 e. The van der Waals surface area contributed by atoms with Crippen LogP contribution in [0.3, 0.4) is 0 Å². The minimum atomic E-state index is 0.267. The summed E-state index contributed by atoms with van der Waals surface area (Å²) in [4.78, 5) is 8.51. The van der Waals surface area contributed by atoms with Crippen LogP contribution >= 0.6 is 0 Å². The van der Waals surface area contributed by atoms with E-state index in [-0.39, 0.29) is 6.04 Å². The van der Waals surface area contributed by atoms with Gasteiger partial charge in [-0.3, -0.25) is 5.32 Å². The molecule has 1 heterocycles. The van der Waals surface area contributed by atoms with Crippen LogP contribution in [0.2, 0.25) is 0 Å². The Morgan fingerprint density at radius 2 is 2.25 bits per heavy atom. The van der Waals surface area contributed by atoms with Crippen LogP contribution in [-0.2, 0) is 0 Å². The van der Waals surface area contributed by atoms with Gasteiger partial charge in [-0.15, -0.1) is 0 Å². The summed E-state index contributed by atoms with van der Waals surface area (Å²) in [6.45, 7) is 0. The predicted molar refractivity (Wildman–Crippen MR) is 90.6 cm³/mol. The summed E-state index contributed by atoms with van der Waals surface area (Å²) in [5.41, 5.74) is 1.58. The van der Waals surface area contributed by atoms with Crippen LogP contribution in [0, 0.1) is 11.5 Å². The first kappa shape index (κ1) is 15.9. The molecule has 2 N–H and O–H groups in total. The molecule has 124 valence electrons. The van der Waals surface area contributed by atoms with Crippen LogP contribution in [0.4, 0.5) is 5.69 Å². The number of methoxy groups -OCH3 is 1. The highest BCUT2D eigenvalue weighted by Gasteiger charge is 2.15. The first-order valence-electron chi connectivity index (χ1n) is 7.87. The summed E-state index contributed by atoms with van der Waals surface area (Å²) >= 11 is 0. The monoisotopic (exact) mass is 325 g/mol. The lowest BCUT2D eigenvalue weighted by atomic mass is 10.1. The summed E-state index contributed by atoms with van der Waals surface area (Å²) in [5.74, 6) is 1.74. The fourth-order valence-corrected chi connectivity index (χ4v) is 2.82. The molecule has 0 aliphatic heterocycles. The molecule has 0 atom stereocenters. The largest absolute Gasteiger partial charge is 0.496 e. The summed E-state index contributed by atoms with van der Waals surface area (Å²) in [6, 6.07) is 5.86. The van der Waals surface area contributed by atoms with E-state index in [9.17, 15) is 0 Å². The standard InChI is InChI=1S/C17H19N5O2/c1-23-15-8-13(6-7-14(15)16-9-19-11-24-16)22-17(20-10-18)21-12-4-2-3-5-12/h6-9,11-12H,2-5H2,1H3,(H2,20,21,22). The van der Waals surface area contributed by atoms with Gasteiger partial charge < -0.3 is 14.5 Å². The number of nitriles is 1. The second kappa shape index (κ2) is 7.51. The average Bonchev–Trinajstić information content (AvgIpc) is 3.28. The minimum Gasteiger partial charge on any atom is -0.496 e. The first-order valence-corrected chi connectivity index (χ1v) is 7.87. The van der Waals surface area contributed by atoms with E-state index in [1.54, 1.807) is 13.3 Å². The van der Waals surface area contributed by atoms with E-state index in [2.05, 4.69) is 20.6 Å². The van der Waals surface area contributed by atoms with E-state index >= 15 is 0 Å². The van der Waals surface area contributed by atoms with Crippen LogP contribution in [0.1, 0.15) is 25.7 Å². The van der Waals surface area contributed by atoms with E-state index in [1.165, 1.54) is 19.2 Å². The molecule has 1 saturated carbocycles. The van der Waals surface area contributed by atoms with Gasteiger partial charge in [0.15, 0.2) is 18.3 Å². The summed E-state index contributed by atoms with van der Waals surface area (Å²) in [6.07, 6.45) is 9.44. The Bertz CT molecular complexity index is 743. The quantitative estimate of drug-likeness (QED) is 0.388. The molecule has 1 aliphatic carbocycles. The van der Waals surface area contributed by atoms with Crippen LogP contribution in [0.15, 0.2) is 40.2 Å². The molecule has 0 saturated heterocycles. The molecular formula is C17H19N5O2. The van der Waals surface area contributed by atoms with Crippen molar-refractivity contribution in [3.8, 4) is 23.3 Å². The second-order valence-corrected chi connectivity index (χ2v) is 5.56. The smallest absolute Gasteiger partial charge is 0.209 e. The van der Waals surface area contributed by atoms with E-state index in [0.29, 0.717) is 17.5 Å². The number of guanidine groups is 1. The molecule has 1 aliphatic rings. The molecule has 1 aromatic carbocycles. The Kier molecular flexibility index (Phi) is 4.96. The third kappa shape index (κ3) is 3.66. The van der Waals surface area contributed by atoms with Crippen LogP contribution in [-0.4, -0.2) is 24.1 Å². The molecule has 0 spiro atoms. The molecule has 0 radical (unpaired) electrons. The number of anilines is 1. The van der Waals surface area contributed by atoms with Crippen LogP contribution in [0.5, 0.6) is 5.75 Å². The Labute approximate surface area is 140 Å². The lowest BCUT2D eigenvalue weighted by Gasteiger charge is -2.13. The fraction of sp³-hybridized carbons (Fsp3) is 0.353. The zero-order chi connectivity index (χ0) is 16.8. The Balaban J connectivity index is 1.82. The van der Waals surface area contributed by atoms with Crippen molar-refractivity contribution in [3.63, 3.8) is 0 Å². The predicted octanol–water partition coefficient (Wildman–Crippen LogP) is 3.13. The van der Waals surface area contributed by atoms with Crippen molar-refractivity contribution in [2.45, 2.75) is 31.7 Å². The van der Waals surface area contributed by atoms with Crippen molar-refractivity contribution in [2.75, 3.05) is 12.4 Å². The average molecular weight is 325 g/mol. The number of oxazole rings is 1. The number of rotatable bonds is 4. The van der Waals surface area contributed by atoms with Crippen molar-refractivity contribution in [2.24, 2.45) is 4.99 Å². The minimum absolute atomic E-state index is 0.267. The van der Waals surface area contributed by atoms with Crippen LogP contribution < -0.4 is 15.4 Å². The Morgan fingerprint density at radius 3 is 2.92 bits per heavy atom.